The largest absolute Gasteiger partial charge is 0.480 e. The molecule has 8 aromatic rings. The fourth-order valence-electron chi connectivity index (χ4n) is 12.2. The van der Waals surface area contributed by atoms with Gasteiger partial charge in [-0.2, -0.15) is 13.5 Å². The summed E-state index contributed by atoms with van der Waals surface area (Å²) in [4.78, 5) is 93.7. The Kier molecular flexibility index (Phi) is 24.7. The molecule has 2 amide bonds. The maximum Gasteiger partial charge on any atom is 0.337 e. The number of nitrogens with zero attached hydrogens (tertiary/aromatic N) is 9. The molecule has 0 spiro atoms. The molecular formula is C66H82ClF2N11O8S. The molecule has 4 aliphatic rings. The van der Waals surface area contributed by atoms with Crippen molar-refractivity contribution in [3.63, 3.8) is 0 Å². The van der Waals surface area contributed by atoms with E-state index in [2.05, 4.69) is 34.4 Å². The Bertz CT molecular complexity index is 3820. The lowest BCUT2D eigenvalue weighted by molar-refractivity contribution is -0.139. The van der Waals surface area contributed by atoms with E-state index in [1.807, 2.05) is 86.9 Å². The van der Waals surface area contributed by atoms with Crippen LogP contribution in [0.5, 0.6) is 0 Å². The number of fused-ring (bicyclic) bond motifs is 4. The fourth-order valence-corrected chi connectivity index (χ4v) is 12.2. The minimum absolute atomic E-state index is 0. The second-order valence-electron chi connectivity index (χ2n) is 22.6. The van der Waals surface area contributed by atoms with Gasteiger partial charge in [-0.25, -0.2) is 23.5 Å². The fraction of sp³-hybridized carbons (Fsp3) is 0.424. The molecule has 4 aliphatic heterocycles. The molecule has 6 aromatic heterocycles. The Labute approximate surface area is 530 Å². The number of likely N-dealkylation sites (tertiary alicyclic amines) is 1. The van der Waals surface area contributed by atoms with Crippen molar-refractivity contribution < 1.29 is 47.8 Å². The quantitative estimate of drug-likeness (QED) is 0.0791. The number of hydrogen-bond acceptors (Lipinski definition) is 11. The molecule has 0 radical (unpaired) electrons. The molecule has 89 heavy (non-hydrogen) atoms. The zero-order valence-corrected chi connectivity index (χ0v) is 50.6. The van der Waals surface area contributed by atoms with Crippen molar-refractivity contribution in [2.45, 2.75) is 169 Å². The number of aromatic carboxylic acids is 1. The number of carboxylic acid groups (broad SMARTS) is 2. The molecule has 5 N–H and O–H groups in total. The third-order valence-corrected chi connectivity index (χ3v) is 16.5. The minimum Gasteiger partial charge on any atom is -0.480 e. The highest BCUT2D eigenvalue weighted by Gasteiger charge is 2.34. The SMILES string of the molecule is C.C.Cc1cccc(CC(=O)[C@@H]2CCC(F)CCN2)n1.Cc1cccc(CC(=O)[C@@H]2CCC(F)CCN2C(=O)Cn2cc(C(N)=O)c3cc(-c4cnc5n4CCCC5)ccc32)n1.Cl.O=C(O)Cn1cc(C(=O)O)c2cc(-c3cnc4n3CCCC4)ccc21.S. The number of aryl methyl sites for hydroxylation is 4. The number of carboxylic acids is 2. The summed E-state index contributed by atoms with van der Waals surface area (Å²) in [6.07, 6.45) is 13.8. The van der Waals surface area contributed by atoms with Crippen LogP contribution < -0.4 is 11.1 Å². The van der Waals surface area contributed by atoms with Gasteiger partial charge in [0.25, 0.3) is 5.91 Å². The van der Waals surface area contributed by atoms with Gasteiger partial charge in [-0.1, -0.05) is 39.1 Å². The van der Waals surface area contributed by atoms with Gasteiger partial charge >= 0.3 is 11.9 Å². The van der Waals surface area contributed by atoms with Crippen LogP contribution in [-0.2, 0) is 71.0 Å². The number of carbonyl (C=O) groups is 6. The lowest BCUT2D eigenvalue weighted by Gasteiger charge is -2.29. The molecular weight excluding hydrogens is 1180 g/mol. The molecule has 2 unspecified atom stereocenters. The zero-order valence-electron chi connectivity index (χ0n) is 48.8. The first-order chi connectivity index (χ1) is 41.0. The summed E-state index contributed by atoms with van der Waals surface area (Å²) in [6, 6.07) is 21.5. The smallest absolute Gasteiger partial charge is 0.337 e. The highest BCUT2D eigenvalue weighted by molar-refractivity contribution is 7.59. The van der Waals surface area contributed by atoms with Gasteiger partial charge in [0.05, 0.1) is 59.8 Å². The van der Waals surface area contributed by atoms with Crippen LogP contribution in [0.2, 0.25) is 0 Å². The van der Waals surface area contributed by atoms with E-state index in [-0.39, 0.29) is 115 Å². The van der Waals surface area contributed by atoms with Gasteiger partial charge in [0.1, 0.15) is 37.1 Å². The molecule has 0 bridgehead atoms. The third-order valence-electron chi connectivity index (χ3n) is 16.5. The van der Waals surface area contributed by atoms with Crippen LogP contribution in [0.4, 0.5) is 8.78 Å². The number of nitrogens with two attached hydrogens (primary N) is 1. The van der Waals surface area contributed by atoms with Gasteiger partial charge in [-0.3, -0.25) is 33.9 Å². The number of hydrogen-bond donors (Lipinski definition) is 4. The summed E-state index contributed by atoms with van der Waals surface area (Å²) in [5.41, 5.74) is 14.4. The zero-order chi connectivity index (χ0) is 59.9. The predicted molar refractivity (Wildman–Crippen MR) is 347 cm³/mol. The number of nitrogens with one attached hydrogen (secondary N) is 1. The Morgan fingerprint density at radius 2 is 1.15 bits per heavy atom. The van der Waals surface area contributed by atoms with Crippen LogP contribution in [-0.4, -0.2) is 126 Å². The summed E-state index contributed by atoms with van der Waals surface area (Å²) in [5, 5.41) is 22.8. The molecule has 10 heterocycles. The third kappa shape index (κ3) is 16.6. The molecule has 23 heteroatoms. The lowest BCUT2D eigenvalue weighted by atomic mass is 10.0. The average molecular weight is 1260 g/mol. The van der Waals surface area contributed by atoms with Gasteiger partial charge in [0.15, 0.2) is 11.6 Å². The van der Waals surface area contributed by atoms with E-state index < -0.39 is 36.2 Å². The number of alkyl halides is 2. The molecule has 2 aromatic carbocycles. The van der Waals surface area contributed by atoms with E-state index in [4.69, 9.17) is 10.8 Å². The average Bonchev–Trinajstić information content (AvgIpc) is 1.81. The predicted octanol–water partition coefficient (Wildman–Crippen LogP) is 10.6. The van der Waals surface area contributed by atoms with Gasteiger partial charge in [-0.05, 0) is 133 Å². The standard InChI is InChI=1S/C32H35FN6O3.C18H17N3O4.C14H19FN2O.2CH4.ClH.H2S/c1-20-5-4-6-23(36-20)16-29(40)27-11-9-22(33)12-14-39(27)31(41)19-37-18-25(32(34)42)24-15-21(8-10-26(24)37)28-17-35-30-7-2-3-13-38(28)30;22-17(23)10-20-9-13(18(24)25)12-7-11(4-5-14(12)20)15-8-19-16-3-1-2-6-21(15)16;1-10-3-2-4-12(17-10)9-14(18)13-6-5-11(15)7-8-16-13;;;;/h4-6,8,10,15,17-18,22,27H,2-3,7,9,11-14,16,19H2,1H3,(H2,34,42);4-5,7-9H,1-3,6,10H2,(H,22,23)(H,24,25);2-4,11,13,16H,5-9H2,1H3;2*1H4;1H;1H2/t22?,27-;;11?,13-;;;;/m0.0..../s1. The molecule has 476 valence electrons. The van der Waals surface area contributed by atoms with Gasteiger partial charge < -0.3 is 44.4 Å². The number of primary amides is 1. The highest BCUT2D eigenvalue weighted by Crippen LogP contribution is 2.33. The summed E-state index contributed by atoms with van der Waals surface area (Å²) in [6.45, 7) is 5.93. The molecule has 0 saturated carbocycles. The van der Waals surface area contributed by atoms with Crippen molar-refractivity contribution in [1.29, 1.82) is 0 Å². The Balaban J connectivity index is 0.000000229. The van der Waals surface area contributed by atoms with Crippen LogP contribution >= 0.6 is 25.9 Å². The summed E-state index contributed by atoms with van der Waals surface area (Å²) in [5.74, 6) is -0.895. The van der Waals surface area contributed by atoms with Crippen LogP contribution in [0.3, 0.4) is 0 Å². The second kappa shape index (κ2) is 31.4. The first-order valence-corrected chi connectivity index (χ1v) is 29.3. The number of aromatic nitrogens is 8. The summed E-state index contributed by atoms with van der Waals surface area (Å²) >= 11 is 0. The van der Waals surface area contributed by atoms with Crippen molar-refractivity contribution in [3.8, 4) is 22.5 Å². The highest BCUT2D eigenvalue weighted by atomic mass is 35.5. The van der Waals surface area contributed by atoms with Crippen molar-refractivity contribution in [2.24, 2.45) is 5.73 Å². The first kappa shape index (κ1) is 70.0. The molecule has 0 aliphatic carbocycles. The van der Waals surface area contributed by atoms with E-state index in [0.29, 0.717) is 65.3 Å². The maximum atomic E-state index is 14.5. The van der Waals surface area contributed by atoms with Crippen molar-refractivity contribution in [3.05, 3.63) is 143 Å². The van der Waals surface area contributed by atoms with E-state index in [0.717, 1.165) is 103 Å². The van der Waals surface area contributed by atoms with E-state index in [9.17, 15) is 42.7 Å². The van der Waals surface area contributed by atoms with Gasteiger partial charge in [-0.15, -0.1) is 12.4 Å². The molecule has 19 nitrogen and oxygen atoms in total. The number of halogens is 3. The minimum atomic E-state index is -1.07. The van der Waals surface area contributed by atoms with Crippen LogP contribution in [0.25, 0.3) is 44.3 Å². The van der Waals surface area contributed by atoms with Gasteiger partial charge in [0.2, 0.25) is 5.91 Å². The summed E-state index contributed by atoms with van der Waals surface area (Å²) < 4.78 is 35.2. The van der Waals surface area contributed by atoms with Crippen molar-refractivity contribution >= 4 is 83.0 Å². The summed E-state index contributed by atoms with van der Waals surface area (Å²) in [7, 11) is 0. The number of carbonyl (C=O) groups excluding carboxylic acids is 4. The molecule has 2 saturated heterocycles. The topological polar surface area (TPSA) is 255 Å². The van der Waals surface area contributed by atoms with E-state index in [1.165, 1.54) is 15.7 Å². The van der Waals surface area contributed by atoms with E-state index >= 15 is 0 Å². The maximum absolute atomic E-state index is 14.5. The van der Waals surface area contributed by atoms with Crippen LogP contribution in [0, 0.1) is 13.8 Å². The normalized spacial score (nSPS) is 17.8. The Morgan fingerprint density at radius 3 is 1.69 bits per heavy atom. The van der Waals surface area contributed by atoms with Crippen LogP contribution in [0.1, 0.15) is 134 Å². The number of aliphatic carboxylic acids is 1. The number of pyridine rings is 2. The van der Waals surface area contributed by atoms with Crippen molar-refractivity contribution in [2.75, 3.05) is 13.1 Å². The molecule has 12 rings (SSSR count). The second-order valence-corrected chi connectivity index (χ2v) is 22.6. The first-order valence-electron chi connectivity index (χ1n) is 29.3. The number of ketones is 2. The Hall–Kier alpha value is -8.08. The van der Waals surface area contributed by atoms with Crippen LogP contribution in [0.15, 0.2) is 97.6 Å². The lowest BCUT2D eigenvalue weighted by Crippen LogP contribution is -2.46. The monoisotopic (exact) mass is 1260 g/mol. The number of amides is 2. The Morgan fingerprint density at radius 1 is 0.629 bits per heavy atom. The van der Waals surface area contributed by atoms with Gasteiger partial charge in [0, 0.05) is 101 Å². The van der Waals surface area contributed by atoms with E-state index in [1.54, 1.807) is 22.9 Å². The molecule has 4 atom stereocenters. The number of rotatable bonds is 14. The molecule has 2 fully saturated rings. The number of benzene rings is 2. The number of Topliss-reactive ketones (excluding diaryl/α,β-unsaturated/α-hetero) is 2. The van der Waals surface area contributed by atoms with Crippen molar-refractivity contribution in [1.82, 2.24) is 48.4 Å². The number of imidazole rings is 2.